The molecule has 7 nitrogen and oxygen atoms in total. The lowest BCUT2D eigenvalue weighted by Gasteiger charge is -2.12. The summed E-state index contributed by atoms with van der Waals surface area (Å²) < 4.78 is 4.97. The smallest absolute Gasteiger partial charge is 0.229 e. The fraction of sp³-hybridized carbons (Fsp3) is 0.333. The van der Waals surface area contributed by atoms with Crippen molar-refractivity contribution in [2.24, 2.45) is 5.92 Å². The van der Waals surface area contributed by atoms with Crippen molar-refractivity contribution in [3.8, 4) is 0 Å². The summed E-state index contributed by atoms with van der Waals surface area (Å²) in [4.78, 5) is 29.8. The number of carbonyl (C=O) groups is 2. The van der Waals surface area contributed by atoms with E-state index in [1.807, 2.05) is 18.2 Å². The SMILES string of the molecule is Cc1cc(N2CC(C(=O)NCc3ccccn3)CC2=O)no1. The minimum absolute atomic E-state index is 0.119. The van der Waals surface area contributed by atoms with E-state index in [1.54, 1.807) is 19.2 Å². The molecule has 0 spiro atoms. The third-order valence-electron chi connectivity index (χ3n) is 3.56. The molecule has 7 heteroatoms. The summed E-state index contributed by atoms with van der Waals surface area (Å²) in [7, 11) is 0. The minimum Gasteiger partial charge on any atom is -0.360 e. The number of rotatable bonds is 4. The molecule has 2 aromatic heterocycles. The number of aryl methyl sites for hydroxylation is 1. The van der Waals surface area contributed by atoms with Crippen molar-refractivity contribution in [1.29, 1.82) is 0 Å². The van der Waals surface area contributed by atoms with Crippen LogP contribution in [0.1, 0.15) is 17.9 Å². The van der Waals surface area contributed by atoms with Crippen molar-refractivity contribution in [2.45, 2.75) is 19.9 Å². The Balaban J connectivity index is 1.59. The van der Waals surface area contributed by atoms with Crippen LogP contribution in [0, 0.1) is 12.8 Å². The first-order valence-electron chi connectivity index (χ1n) is 7.05. The molecule has 1 N–H and O–H groups in total. The summed E-state index contributed by atoms with van der Waals surface area (Å²) in [6.45, 7) is 2.43. The summed E-state index contributed by atoms with van der Waals surface area (Å²) in [6.07, 6.45) is 1.86. The van der Waals surface area contributed by atoms with Gasteiger partial charge >= 0.3 is 0 Å². The molecule has 1 aliphatic heterocycles. The molecule has 1 aliphatic rings. The lowest BCUT2D eigenvalue weighted by Crippen LogP contribution is -2.32. The third kappa shape index (κ3) is 2.98. The molecule has 1 fully saturated rings. The van der Waals surface area contributed by atoms with Crippen molar-refractivity contribution in [3.05, 3.63) is 41.9 Å². The molecule has 3 rings (SSSR count). The van der Waals surface area contributed by atoms with Gasteiger partial charge in [-0.3, -0.25) is 19.5 Å². The monoisotopic (exact) mass is 300 g/mol. The van der Waals surface area contributed by atoms with Crippen LogP contribution in [0.2, 0.25) is 0 Å². The van der Waals surface area contributed by atoms with Gasteiger partial charge in [-0.05, 0) is 19.1 Å². The van der Waals surface area contributed by atoms with E-state index in [9.17, 15) is 9.59 Å². The Kier molecular flexibility index (Phi) is 3.86. The van der Waals surface area contributed by atoms with Gasteiger partial charge in [0.2, 0.25) is 11.8 Å². The van der Waals surface area contributed by atoms with Crippen LogP contribution in [0.4, 0.5) is 5.82 Å². The highest BCUT2D eigenvalue weighted by Crippen LogP contribution is 2.24. The van der Waals surface area contributed by atoms with Crippen LogP contribution in [-0.4, -0.2) is 28.5 Å². The van der Waals surface area contributed by atoms with Gasteiger partial charge in [-0.2, -0.15) is 0 Å². The fourth-order valence-corrected chi connectivity index (χ4v) is 2.41. The molecule has 1 unspecified atom stereocenters. The lowest BCUT2D eigenvalue weighted by atomic mass is 10.1. The Morgan fingerprint density at radius 3 is 3.05 bits per heavy atom. The maximum atomic E-state index is 12.2. The number of carbonyl (C=O) groups excluding carboxylic acids is 2. The lowest BCUT2D eigenvalue weighted by molar-refractivity contribution is -0.126. The van der Waals surface area contributed by atoms with Crippen LogP contribution >= 0.6 is 0 Å². The predicted molar refractivity (Wildman–Crippen MR) is 77.8 cm³/mol. The normalized spacial score (nSPS) is 17.8. The van der Waals surface area contributed by atoms with E-state index in [0.29, 0.717) is 24.7 Å². The summed E-state index contributed by atoms with van der Waals surface area (Å²) in [5, 5.41) is 6.64. The number of amides is 2. The van der Waals surface area contributed by atoms with Gasteiger partial charge in [0.25, 0.3) is 0 Å². The van der Waals surface area contributed by atoms with Gasteiger partial charge in [-0.25, -0.2) is 0 Å². The first-order chi connectivity index (χ1) is 10.6. The van der Waals surface area contributed by atoms with Crippen LogP contribution in [0.25, 0.3) is 0 Å². The molecule has 1 atom stereocenters. The second-order valence-electron chi connectivity index (χ2n) is 5.24. The molecule has 0 saturated carbocycles. The molecular formula is C15H16N4O3. The van der Waals surface area contributed by atoms with E-state index >= 15 is 0 Å². The van der Waals surface area contributed by atoms with E-state index < -0.39 is 0 Å². The maximum absolute atomic E-state index is 12.2. The molecule has 2 amide bonds. The molecule has 3 heterocycles. The zero-order valence-electron chi connectivity index (χ0n) is 12.2. The van der Waals surface area contributed by atoms with E-state index in [1.165, 1.54) is 4.90 Å². The Bertz CT molecular complexity index is 683. The van der Waals surface area contributed by atoms with Crippen LogP contribution in [0.3, 0.4) is 0 Å². The summed E-state index contributed by atoms with van der Waals surface area (Å²) >= 11 is 0. The van der Waals surface area contributed by atoms with E-state index in [0.717, 1.165) is 5.69 Å². The first kappa shape index (κ1) is 14.2. The van der Waals surface area contributed by atoms with Crippen LogP contribution in [-0.2, 0) is 16.1 Å². The zero-order valence-corrected chi connectivity index (χ0v) is 12.2. The predicted octanol–water partition coefficient (Wildman–Crippen LogP) is 1.05. The van der Waals surface area contributed by atoms with Crippen molar-refractivity contribution in [3.63, 3.8) is 0 Å². The molecule has 2 aromatic rings. The average molecular weight is 300 g/mol. The highest BCUT2D eigenvalue weighted by molar-refractivity contribution is 5.99. The minimum atomic E-state index is -0.381. The molecule has 0 bridgehead atoms. The van der Waals surface area contributed by atoms with Gasteiger partial charge in [0, 0.05) is 25.2 Å². The molecule has 0 radical (unpaired) electrons. The number of pyridine rings is 1. The highest BCUT2D eigenvalue weighted by atomic mass is 16.5. The van der Waals surface area contributed by atoms with Crippen LogP contribution in [0.15, 0.2) is 35.0 Å². The Hall–Kier alpha value is -2.70. The Labute approximate surface area is 127 Å². The van der Waals surface area contributed by atoms with Crippen LogP contribution < -0.4 is 10.2 Å². The number of aromatic nitrogens is 2. The molecule has 0 aromatic carbocycles. The van der Waals surface area contributed by atoms with E-state index in [-0.39, 0.29) is 24.2 Å². The van der Waals surface area contributed by atoms with Crippen molar-refractivity contribution in [1.82, 2.24) is 15.5 Å². The standard InChI is InChI=1S/C15H16N4O3/c1-10-6-13(18-22-10)19-9-11(7-14(19)20)15(21)17-8-12-4-2-3-5-16-12/h2-6,11H,7-9H2,1H3,(H,17,21). The van der Waals surface area contributed by atoms with Gasteiger partial charge in [-0.15, -0.1) is 0 Å². The average Bonchev–Trinajstić information content (AvgIpc) is 3.11. The second-order valence-corrected chi connectivity index (χ2v) is 5.24. The number of nitrogens with zero attached hydrogens (tertiary/aromatic N) is 3. The largest absolute Gasteiger partial charge is 0.360 e. The van der Waals surface area contributed by atoms with Crippen molar-refractivity contribution < 1.29 is 14.1 Å². The summed E-state index contributed by atoms with van der Waals surface area (Å²) in [5.41, 5.74) is 0.782. The van der Waals surface area contributed by atoms with Crippen LogP contribution in [0.5, 0.6) is 0 Å². The zero-order chi connectivity index (χ0) is 15.5. The molecular weight excluding hydrogens is 284 g/mol. The van der Waals surface area contributed by atoms with Gasteiger partial charge in [0.15, 0.2) is 5.82 Å². The quantitative estimate of drug-likeness (QED) is 0.911. The Morgan fingerprint density at radius 2 is 2.36 bits per heavy atom. The first-order valence-corrected chi connectivity index (χ1v) is 7.05. The highest BCUT2D eigenvalue weighted by Gasteiger charge is 2.36. The molecule has 0 aliphatic carbocycles. The Morgan fingerprint density at radius 1 is 1.50 bits per heavy atom. The maximum Gasteiger partial charge on any atom is 0.229 e. The second kappa shape index (κ2) is 5.97. The van der Waals surface area contributed by atoms with Gasteiger partial charge in [-0.1, -0.05) is 11.2 Å². The number of hydrogen-bond donors (Lipinski definition) is 1. The summed E-state index contributed by atoms with van der Waals surface area (Å²) in [5.74, 6) is 0.439. The van der Waals surface area contributed by atoms with E-state index in [2.05, 4.69) is 15.5 Å². The van der Waals surface area contributed by atoms with Crippen molar-refractivity contribution >= 4 is 17.6 Å². The third-order valence-corrected chi connectivity index (χ3v) is 3.56. The van der Waals surface area contributed by atoms with Gasteiger partial charge < -0.3 is 9.84 Å². The fourth-order valence-electron chi connectivity index (χ4n) is 2.41. The number of hydrogen-bond acceptors (Lipinski definition) is 5. The molecule has 1 saturated heterocycles. The topological polar surface area (TPSA) is 88.3 Å². The molecule has 22 heavy (non-hydrogen) atoms. The van der Waals surface area contributed by atoms with Gasteiger partial charge in [0.1, 0.15) is 5.76 Å². The van der Waals surface area contributed by atoms with Crippen molar-refractivity contribution in [2.75, 3.05) is 11.4 Å². The molecule has 114 valence electrons. The summed E-state index contributed by atoms with van der Waals surface area (Å²) in [6, 6.07) is 7.21. The van der Waals surface area contributed by atoms with E-state index in [4.69, 9.17) is 4.52 Å². The number of nitrogens with one attached hydrogen (secondary N) is 1. The number of anilines is 1. The van der Waals surface area contributed by atoms with Gasteiger partial charge in [0.05, 0.1) is 18.2 Å².